The van der Waals surface area contributed by atoms with Crippen molar-refractivity contribution in [1.82, 2.24) is 4.90 Å². The second kappa shape index (κ2) is 6.80. The van der Waals surface area contributed by atoms with E-state index >= 15 is 0 Å². The molecule has 0 saturated heterocycles. The first-order valence-electron chi connectivity index (χ1n) is 5.58. The first-order valence-corrected chi connectivity index (χ1v) is 5.58. The lowest BCUT2D eigenvalue weighted by molar-refractivity contribution is -0.132. The Kier molecular flexibility index (Phi) is 6.52. The molecular formula is C11H24N2O2. The van der Waals surface area contributed by atoms with Gasteiger partial charge >= 0.3 is 0 Å². The second-order valence-corrected chi connectivity index (χ2v) is 4.31. The van der Waals surface area contributed by atoms with Gasteiger partial charge in [-0.15, -0.1) is 0 Å². The normalized spacial score (nSPS) is 16.9. The number of aliphatic hydroxyl groups is 1. The number of hydrogen-bond acceptors (Lipinski definition) is 3. The van der Waals surface area contributed by atoms with Gasteiger partial charge in [0.25, 0.3) is 0 Å². The highest BCUT2D eigenvalue weighted by atomic mass is 16.3. The van der Waals surface area contributed by atoms with Gasteiger partial charge in [0.2, 0.25) is 5.91 Å². The van der Waals surface area contributed by atoms with Crippen molar-refractivity contribution >= 4 is 5.91 Å². The van der Waals surface area contributed by atoms with E-state index < -0.39 is 6.04 Å². The van der Waals surface area contributed by atoms with Crippen LogP contribution in [0.3, 0.4) is 0 Å². The van der Waals surface area contributed by atoms with Crippen molar-refractivity contribution in [3.63, 3.8) is 0 Å². The fourth-order valence-corrected chi connectivity index (χ4v) is 1.24. The molecule has 0 bridgehead atoms. The fraction of sp³-hybridized carbons (Fsp3) is 0.909. The van der Waals surface area contributed by atoms with Gasteiger partial charge in [-0.2, -0.15) is 0 Å². The highest BCUT2D eigenvalue weighted by Gasteiger charge is 2.22. The zero-order valence-corrected chi connectivity index (χ0v) is 10.2. The number of aliphatic hydroxyl groups excluding tert-OH is 1. The van der Waals surface area contributed by atoms with Crippen LogP contribution in [0.4, 0.5) is 0 Å². The maximum absolute atomic E-state index is 11.8. The molecule has 0 heterocycles. The lowest BCUT2D eigenvalue weighted by Crippen LogP contribution is -2.46. The number of carbonyl (C=O) groups excluding carboxylic acids is 1. The molecule has 4 nitrogen and oxygen atoms in total. The molecule has 0 spiro atoms. The molecule has 0 aliphatic carbocycles. The first-order chi connectivity index (χ1) is 6.90. The Balaban J connectivity index is 4.07. The summed E-state index contributed by atoms with van der Waals surface area (Å²) in [5.74, 6) is 0.163. The summed E-state index contributed by atoms with van der Waals surface area (Å²) in [7, 11) is 1.73. The van der Waals surface area contributed by atoms with E-state index in [2.05, 4.69) is 0 Å². The van der Waals surface area contributed by atoms with E-state index in [0.717, 1.165) is 6.42 Å². The van der Waals surface area contributed by atoms with Gasteiger partial charge in [0.05, 0.1) is 12.1 Å². The van der Waals surface area contributed by atoms with Crippen LogP contribution in [0.2, 0.25) is 0 Å². The van der Waals surface area contributed by atoms with Crippen molar-refractivity contribution in [3.05, 3.63) is 0 Å². The number of hydrogen-bond donors (Lipinski definition) is 2. The highest BCUT2D eigenvalue weighted by molar-refractivity contribution is 5.81. The number of likely N-dealkylation sites (N-methyl/N-ethyl adjacent to an activating group) is 1. The van der Waals surface area contributed by atoms with Crippen molar-refractivity contribution in [2.24, 2.45) is 11.7 Å². The van der Waals surface area contributed by atoms with Crippen molar-refractivity contribution in [1.29, 1.82) is 0 Å². The molecule has 0 saturated carbocycles. The fourth-order valence-electron chi connectivity index (χ4n) is 1.24. The van der Waals surface area contributed by atoms with Crippen LogP contribution in [0, 0.1) is 5.92 Å². The molecule has 0 aliphatic rings. The van der Waals surface area contributed by atoms with Gasteiger partial charge in [0.1, 0.15) is 0 Å². The summed E-state index contributed by atoms with van der Waals surface area (Å²) in [4.78, 5) is 13.4. The number of nitrogens with two attached hydrogens (primary N) is 1. The maximum atomic E-state index is 11.8. The molecule has 0 aromatic carbocycles. The van der Waals surface area contributed by atoms with E-state index in [-0.39, 0.29) is 17.9 Å². The standard InChI is InChI=1S/C11H24N2O2/c1-5-8(2)10(12)11(15)13(4)7-6-9(3)14/h8-10,14H,5-7,12H2,1-4H3/t8?,9?,10-/m0/s1. The monoisotopic (exact) mass is 216 g/mol. The van der Waals surface area contributed by atoms with E-state index in [1.807, 2.05) is 13.8 Å². The predicted molar refractivity (Wildman–Crippen MR) is 61.4 cm³/mol. The Hall–Kier alpha value is -0.610. The highest BCUT2D eigenvalue weighted by Crippen LogP contribution is 2.08. The Labute approximate surface area is 92.4 Å². The number of amides is 1. The number of rotatable bonds is 6. The Morgan fingerprint density at radius 1 is 1.47 bits per heavy atom. The van der Waals surface area contributed by atoms with E-state index in [9.17, 15) is 4.79 Å². The molecule has 0 fully saturated rings. The molecule has 0 aromatic rings. The third kappa shape index (κ3) is 5.14. The zero-order chi connectivity index (χ0) is 12.0. The van der Waals surface area contributed by atoms with Crippen molar-refractivity contribution in [2.75, 3.05) is 13.6 Å². The summed E-state index contributed by atoms with van der Waals surface area (Å²) in [5.41, 5.74) is 5.82. The van der Waals surface area contributed by atoms with Crippen LogP contribution < -0.4 is 5.73 Å². The molecule has 0 rings (SSSR count). The third-order valence-electron chi connectivity index (χ3n) is 2.80. The molecule has 2 unspecified atom stereocenters. The van der Waals surface area contributed by atoms with E-state index in [1.165, 1.54) is 0 Å². The van der Waals surface area contributed by atoms with Gasteiger partial charge in [-0.05, 0) is 19.3 Å². The van der Waals surface area contributed by atoms with E-state index in [0.29, 0.717) is 13.0 Å². The van der Waals surface area contributed by atoms with Crippen molar-refractivity contribution in [3.8, 4) is 0 Å². The molecule has 3 N–H and O–H groups in total. The van der Waals surface area contributed by atoms with Crippen LogP contribution in [-0.2, 0) is 4.79 Å². The topological polar surface area (TPSA) is 66.6 Å². The molecule has 4 heteroatoms. The Morgan fingerprint density at radius 3 is 2.40 bits per heavy atom. The molecular weight excluding hydrogens is 192 g/mol. The summed E-state index contributed by atoms with van der Waals surface area (Å²) in [5, 5.41) is 9.11. The minimum atomic E-state index is -0.422. The molecule has 15 heavy (non-hydrogen) atoms. The van der Waals surface area contributed by atoms with Gasteiger partial charge in [-0.25, -0.2) is 0 Å². The van der Waals surface area contributed by atoms with Crippen LogP contribution in [0.25, 0.3) is 0 Å². The average molecular weight is 216 g/mol. The van der Waals surface area contributed by atoms with Crippen LogP contribution in [0.15, 0.2) is 0 Å². The quantitative estimate of drug-likeness (QED) is 0.683. The number of carbonyl (C=O) groups is 1. The molecule has 90 valence electrons. The van der Waals surface area contributed by atoms with Gasteiger partial charge in [-0.3, -0.25) is 4.79 Å². The van der Waals surface area contributed by atoms with Crippen molar-refractivity contribution in [2.45, 2.75) is 45.8 Å². The first kappa shape index (κ1) is 14.4. The predicted octanol–water partition coefficient (Wildman–Crippen LogP) is 0.589. The average Bonchev–Trinajstić information content (AvgIpc) is 2.22. The lowest BCUT2D eigenvalue weighted by Gasteiger charge is -2.24. The Morgan fingerprint density at radius 2 is 2.00 bits per heavy atom. The van der Waals surface area contributed by atoms with Crippen LogP contribution in [0.5, 0.6) is 0 Å². The summed E-state index contributed by atoms with van der Waals surface area (Å²) >= 11 is 0. The Bertz CT molecular complexity index is 195. The summed E-state index contributed by atoms with van der Waals surface area (Å²) in [6.45, 7) is 6.27. The molecule has 0 aromatic heterocycles. The molecule has 3 atom stereocenters. The SMILES string of the molecule is CCC(C)[C@H](N)C(=O)N(C)CCC(C)O. The summed E-state index contributed by atoms with van der Waals surface area (Å²) in [6, 6.07) is -0.422. The maximum Gasteiger partial charge on any atom is 0.239 e. The minimum absolute atomic E-state index is 0.0370. The van der Waals surface area contributed by atoms with Crippen LogP contribution in [-0.4, -0.2) is 41.7 Å². The lowest BCUT2D eigenvalue weighted by atomic mass is 9.99. The largest absolute Gasteiger partial charge is 0.393 e. The summed E-state index contributed by atoms with van der Waals surface area (Å²) < 4.78 is 0. The molecule has 0 aliphatic heterocycles. The minimum Gasteiger partial charge on any atom is -0.393 e. The van der Waals surface area contributed by atoms with Gasteiger partial charge < -0.3 is 15.7 Å². The molecule has 1 amide bonds. The van der Waals surface area contributed by atoms with Gasteiger partial charge in [-0.1, -0.05) is 20.3 Å². The van der Waals surface area contributed by atoms with Crippen LogP contribution >= 0.6 is 0 Å². The van der Waals surface area contributed by atoms with E-state index in [1.54, 1.807) is 18.9 Å². The van der Waals surface area contributed by atoms with Gasteiger partial charge in [0.15, 0.2) is 0 Å². The third-order valence-corrected chi connectivity index (χ3v) is 2.80. The smallest absolute Gasteiger partial charge is 0.239 e. The second-order valence-electron chi connectivity index (χ2n) is 4.31. The van der Waals surface area contributed by atoms with E-state index in [4.69, 9.17) is 10.8 Å². The number of nitrogens with zero attached hydrogens (tertiary/aromatic N) is 1. The zero-order valence-electron chi connectivity index (χ0n) is 10.2. The van der Waals surface area contributed by atoms with Crippen molar-refractivity contribution < 1.29 is 9.90 Å². The van der Waals surface area contributed by atoms with Crippen LogP contribution in [0.1, 0.15) is 33.6 Å². The summed E-state index contributed by atoms with van der Waals surface area (Å²) in [6.07, 6.45) is 1.12. The molecule has 0 radical (unpaired) electrons. The van der Waals surface area contributed by atoms with Gasteiger partial charge in [0, 0.05) is 13.6 Å².